The first-order chi connectivity index (χ1) is 19.7. The Balaban J connectivity index is 1.43. The molecule has 9 heteroatoms. The van der Waals surface area contributed by atoms with E-state index in [1.54, 1.807) is 59.6 Å². The number of halogens is 4. The van der Waals surface area contributed by atoms with Crippen LogP contribution < -0.4 is 0 Å². The lowest BCUT2D eigenvalue weighted by Gasteiger charge is -2.44. The van der Waals surface area contributed by atoms with Crippen molar-refractivity contribution < 1.29 is 22.8 Å². The first-order valence-corrected chi connectivity index (χ1v) is 13.8. The zero-order valence-corrected chi connectivity index (χ0v) is 23.0. The number of piperidine rings is 1. The summed E-state index contributed by atoms with van der Waals surface area (Å²) >= 11 is 5.99. The molecule has 3 aromatic carbocycles. The molecule has 212 valence electrons. The van der Waals surface area contributed by atoms with Gasteiger partial charge < -0.3 is 9.80 Å². The third kappa shape index (κ3) is 6.88. The van der Waals surface area contributed by atoms with Crippen LogP contribution in [0.3, 0.4) is 0 Å². The molecule has 0 radical (unpaired) electrons. The number of amides is 2. The summed E-state index contributed by atoms with van der Waals surface area (Å²) in [6.07, 6.45) is -2.39. The molecular formula is C32H29ClF3N3O2. The Kier molecular flexibility index (Phi) is 8.59. The number of aromatic nitrogens is 1. The largest absolute Gasteiger partial charge is 0.471 e. The van der Waals surface area contributed by atoms with Crippen LogP contribution in [0.4, 0.5) is 13.2 Å². The van der Waals surface area contributed by atoms with E-state index < -0.39 is 18.1 Å². The molecule has 1 fully saturated rings. The summed E-state index contributed by atoms with van der Waals surface area (Å²) in [6, 6.07) is 24.3. The average Bonchev–Trinajstić information content (AvgIpc) is 2.97. The van der Waals surface area contributed by atoms with Crippen LogP contribution in [0.1, 0.15) is 29.5 Å². The fourth-order valence-electron chi connectivity index (χ4n) is 5.61. The van der Waals surface area contributed by atoms with Crippen LogP contribution in [0, 0.1) is 0 Å². The molecule has 0 spiro atoms. The molecule has 4 aromatic rings. The fourth-order valence-corrected chi connectivity index (χ4v) is 5.73. The van der Waals surface area contributed by atoms with E-state index in [1.807, 2.05) is 36.4 Å². The number of alkyl halides is 3. The minimum absolute atomic E-state index is 0.111. The number of para-hydroxylation sites is 1. The van der Waals surface area contributed by atoms with E-state index in [-0.39, 0.29) is 44.3 Å². The predicted molar refractivity (Wildman–Crippen MR) is 152 cm³/mol. The highest BCUT2D eigenvalue weighted by Gasteiger charge is 2.46. The average molecular weight is 580 g/mol. The van der Waals surface area contributed by atoms with Crippen molar-refractivity contribution >= 4 is 34.3 Å². The summed E-state index contributed by atoms with van der Waals surface area (Å²) < 4.78 is 41.7. The van der Waals surface area contributed by atoms with Gasteiger partial charge in [0.15, 0.2) is 0 Å². The maximum atomic E-state index is 13.9. The number of likely N-dealkylation sites (tertiary alicyclic amines) is 1. The normalized spacial score (nSPS) is 17.4. The first-order valence-electron chi connectivity index (χ1n) is 13.5. The molecule has 0 bridgehead atoms. The van der Waals surface area contributed by atoms with Crippen LogP contribution in [0.2, 0.25) is 5.02 Å². The van der Waals surface area contributed by atoms with E-state index in [0.29, 0.717) is 27.9 Å². The van der Waals surface area contributed by atoms with E-state index in [4.69, 9.17) is 11.6 Å². The van der Waals surface area contributed by atoms with Crippen LogP contribution in [0.25, 0.3) is 10.9 Å². The molecule has 1 saturated heterocycles. The molecule has 5 nitrogen and oxygen atoms in total. The summed E-state index contributed by atoms with van der Waals surface area (Å²) in [6.45, 7) is 0.0378. The molecule has 1 aromatic heterocycles. The summed E-state index contributed by atoms with van der Waals surface area (Å²) in [4.78, 5) is 33.3. The van der Waals surface area contributed by atoms with Crippen LogP contribution in [-0.4, -0.2) is 51.4 Å². The maximum absolute atomic E-state index is 13.9. The molecule has 2 atom stereocenters. The van der Waals surface area contributed by atoms with E-state index in [9.17, 15) is 22.8 Å². The van der Waals surface area contributed by atoms with Gasteiger partial charge in [-0.25, -0.2) is 0 Å². The Morgan fingerprint density at radius 3 is 2.37 bits per heavy atom. The molecule has 41 heavy (non-hydrogen) atoms. The van der Waals surface area contributed by atoms with Gasteiger partial charge in [-0.1, -0.05) is 72.3 Å². The van der Waals surface area contributed by atoms with Crippen LogP contribution in [0.5, 0.6) is 0 Å². The highest BCUT2D eigenvalue weighted by Crippen LogP contribution is 2.31. The van der Waals surface area contributed by atoms with Crippen LogP contribution in [0.15, 0.2) is 91.1 Å². The number of carbonyl (C=O) groups excluding carboxylic acids is 2. The number of benzene rings is 3. The highest BCUT2D eigenvalue weighted by molar-refractivity contribution is 6.30. The van der Waals surface area contributed by atoms with Gasteiger partial charge >= 0.3 is 12.1 Å². The Labute approximate surface area is 241 Å². The quantitative estimate of drug-likeness (QED) is 0.247. The van der Waals surface area contributed by atoms with Gasteiger partial charge in [0.2, 0.25) is 5.91 Å². The highest BCUT2D eigenvalue weighted by atomic mass is 35.5. The van der Waals surface area contributed by atoms with Gasteiger partial charge in [-0.3, -0.25) is 14.6 Å². The molecule has 1 aliphatic heterocycles. The third-order valence-electron chi connectivity index (χ3n) is 7.62. The smallest absolute Gasteiger partial charge is 0.339 e. The second-order valence-electron chi connectivity index (χ2n) is 10.3. The van der Waals surface area contributed by atoms with Crippen molar-refractivity contribution in [3.63, 3.8) is 0 Å². The van der Waals surface area contributed by atoms with Gasteiger partial charge in [0.25, 0.3) is 0 Å². The van der Waals surface area contributed by atoms with E-state index >= 15 is 0 Å². The maximum Gasteiger partial charge on any atom is 0.471 e. The van der Waals surface area contributed by atoms with Gasteiger partial charge in [-0.05, 0) is 60.2 Å². The summed E-state index contributed by atoms with van der Waals surface area (Å²) in [5.74, 6) is -1.98. The summed E-state index contributed by atoms with van der Waals surface area (Å²) in [5, 5.41) is 1.27. The van der Waals surface area contributed by atoms with Crippen molar-refractivity contribution in [2.75, 3.05) is 6.54 Å². The van der Waals surface area contributed by atoms with Gasteiger partial charge in [0.1, 0.15) is 0 Å². The first kappa shape index (κ1) is 28.6. The Morgan fingerprint density at radius 1 is 0.927 bits per heavy atom. The number of hydrogen-bond donors (Lipinski definition) is 0. The van der Waals surface area contributed by atoms with E-state index in [2.05, 4.69) is 4.98 Å². The lowest BCUT2D eigenvalue weighted by molar-refractivity contribution is -0.190. The van der Waals surface area contributed by atoms with Crippen molar-refractivity contribution in [2.24, 2.45) is 0 Å². The number of rotatable bonds is 7. The van der Waals surface area contributed by atoms with Gasteiger partial charge in [0, 0.05) is 41.8 Å². The molecular weight excluding hydrogens is 551 g/mol. The molecule has 1 aliphatic rings. The summed E-state index contributed by atoms with van der Waals surface area (Å²) in [5.41, 5.74) is 3.01. The number of nitrogens with zero attached hydrogens (tertiary/aromatic N) is 3. The second-order valence-corrected chi connectivity index (χ2v) is 10.8. The zero-order valence-electron chi connectivity index (χ0n) is 22.2. The summed E-state index contributed by atoms with van der Waals surface area (Å²) in [7, 11) is 0. The number of carbonyl (C=O) groups is 2. The minimum atomic E-state index is -5.03. The van der Waals surface area contributed by atoms with Gasteiger partial charge in [-0.2, -0.15) is 13.2 Å². The monoisotopic (exact) mass is 579 g/mol. The predicted octanol–water partition coefficient (Wildman–Crippen LogP) is 6.62. The van der Waals surface area contributed by atoms with Crippen molar-refractivity contribution in [2.45, 2.75) is 50.5 Å². The fraction of sp³-hybridized carbons (Fsp3) is 0.281. The van der Waals surface area contributed by atoms with Crippen molar-refractivity contribution in [1.82, 2.24) is 14.8 Å². The molecule has 0 saturated carbocycles. The van der Waals surface area contributed by atoms with Gasteiger partial charge in [0.05, 0.1) is 11.9 Å². The number of hydrogen-bond acceptors (Lipinski definition) is 3. The standard InChI is InChI=1S/C32H29ClF3N3O2/c33-25-12-10-23(11-13-25)19-30(40)38-17-15-26(20-27(38)18-22-6-2-1-3-7-22)39(31(41)32(34,35)36)21-24-14-16-37-29-9-5-4-8-28(24)29/h1-14,16,26-27H,15,17-21H2/t26-,27+/m0/s1. The molecule has 2 heterocycles. The zero-order chi connectivity index (χ0) is 29.0. The lowest BCUT2D eigenvalue weighted by Crippen LogP contribution is -2.56. The van der Waals surface area contributed by atoms with E-state index in [0.717, 1.165) is 16.0 Å². The molecule has 0 N–H and O–H groups in total. The SMILES string of the molecule is O=C(Cc1ccc(Cl)cc1)N1CC[C@H](N(Cc2ccnc3ccccc23)C(=O)C(F)(F)F)C[C@H]1Cc1ccccc1. The Morgan fingerprint density at radius 2 is 1.63 bits per heavy atom. The van der Waals surface area contributed by atoms with Crippen molar-refractivity contribution in [3.05, 3.63) is 113 Å². The molecule has 5 rings (SSSR count). The number of pyridine rings is 1. The van der Waals surface area contributed by atoms with E-state index in [1.165, 1.54) is 0 Å². The topological polar surface area (TPSA) is 53.5 Å². The Hall–Kier alpha value is -3.91. The second kappa shape index (κ2) is 12.3. The number of fused-ring (bicyclic) bond motifs is 1. The molecule has 2 amide bonds. The van der Waals surface area contributed by atoms with Crippen LogP contribution >= 0.6 is 11.6 Å². The molecule has 0 unspecified atom stereocenters. The third-order valence-corrected chi connectivity index (χ3v) is 7.87. The Bertz CT molecular complexity index is 1510. The van der Waals surface area contributed by atoms with Crippen LogP contribution in [-0.2, 0) is 29.0 Å². The van der Waals surface area contributed by atoms with Crippen molar-refractivity contribution in [3.8, 4) is 0 Å². The minimum Gasteiger partial charge on any atom is -0.339 e. The van der Waals surface area contributed by atoms with Crippen molar-refractivity contribution in [1.29, 1.82) is 0 Å². The lowest BCUT2D eigenvalue weighted by atomic mass is 9.90. The molecule has 0 aliphatic carbocycles. The van der Waals surface area contributed by atoms with Gasteiger partial charge in [-0.15, -0.1) is 0 Å².